The Morgan fingerprint density at radius 2 is 1.93 bits per heavy atom. The van der Waals surface area contributed by atoms with Gasteiger partial charge in [0, 0.05) is 35.9 Å². The Morgan fingerprint density at radius 1 is 1.15 bits per heavy atom. The predicted octanol–water partition coefficient (Wildman–Crippen LogP) is 2.32. The maximum atomic E-state index is 13.5. The van der Waals surface area contributed by atoms with Crippen molar-refractivity contribution in [2.45, 2.75) is 13.0 Å². The van der Waals surface area contributed by atoms with Crippen LogP contribution in [0.1, 0.15) is 21.9 Å². The zero-order valence-corrected chi connectivity index (χ0v) is 14.6. The summed E-state index contributed by atoms with van der Waals surface area (Å²) in [6, 6.07) is 4.74. The van der Waals surface area contributed by atoms with Crippen LogP contribution in [-0.2, 0) is 17.8 Å². The first-order valence-corrected chi connectivity index (χ1v) is 8.62. The van der Waals surface area contributed by atoms with Gasteiger partial charge in [-0.2, -0.15) is 0 Å². The van der Waals surface area contributed by atoms with Crippen molar-refractivity contribution in [2.75, 3.05) is 5.32 Å². The molecule has 0 bridgehead atoms. The summed E-state index contributed by atoms with van der Waals surface area (Å²) < 4.78 is 26.4. The van der Waals surface area contributed by atoms with Gasteiger partial charge in [0.25, 0.3) is 5.91 Å². The van der Waals surface area contributed by atoms with Gasteiger partial charge >= 0.3 is 0 Å². The van der Waals surface area contributed by atoms with Crippen LogP contribution in [0.3, 0.4) is 0 Å². The van der Waals surface area contributed by atoms with E-state index in [9.17, 15) is 18.4 Å². The number of aromatic nitrogens is 3. The highest BCUT2D eigenvalue weighted by atomic mass is 32.1. The van der Waals surface area contributed by atoms with Crippen LogP contribution in [-0.4, -0.2) is 26.8 Å². The molecule has 1 aromatic carbocycles. The minimum atomic E-state index is -0.725. The van der Waals surface area contributed by atoms with Crippen LogP contribution >= 0.6 is 11.3 Å². The third kappa shape index (κ3) is 5.11. The van der Waals surface area contributed by atoms with E-state index in [1.807, 2.05) is 0 Å². The van der Waals surface area contributed by atoms with E-state index < -0.39 is 17.5 Å². The number of anilines is 1. The topological polar surface area (TPSA) is 96.9 Å². The molecule has 0 fully saturated rings. The first-order valence-electron chi connectivity index (χ1n) is 7.74. The van der Waals surface area contributed by atoms with Gasteiger partial charge in [-0.25, -0.2) is 23.7 Å². The van der Waals surface area contributed by atoms with E-state index >= 15 is 0 Å². The maximum Gasteiger partial charge on any atom is 0.295 e. The van der Waals surface area contributed by atoms with Gasteiger partial charge in [0.15, 0.2) is 5.13 Å². The minimum Gasteiger partial charge on any atom is -0.352 e. The van der Waals surface area contributed by atoms with Gasteiger partial charge in [0.05, 0.1) is 12.1 Å². The normalized spacial score (nSPS) is 10.4. The van der Waals surface area contributed by atoms with Crippen LogP contribution in [0, 0.1) is 11.6 Å². The van der Waals surface area contributed by atoms with Crippen molar-refractivity contribution in [3.05, 3.63) is 70.8 Å². The molecule has 2 aromatic heterocycles. The Kier molecular flexibility index (Phi) is 5.77. The molecule has 3 rings (SSSR count). The SMILES string of the molecule is O=C(Cc1csc(NC(=O)c2ncccn2)n1)NCc1ccc(F)cc1F. The molecule has 0 aliphatic heterocycles. The summed E-state index contributed by atoms with van der Waals surface area (Å²) in [6.07, 6.45) is 2.85. The summed E-state index contributed by atoms with van der Waals surface area (Å²) in [5, 5.41) is 7.02. The van der Waals surface area contributed by atoms with Gasteiger partial charge in [0.1, 0.15) is 11.6 Å². The highest BCUT2D eigenvalue weighted by molar-refractivity contribution is 7.14. The third-order valence-corrected chi connectivity index (χ3v) is 4.18. The van der Waals surface area contributed by atoms with Crippen LogP contribution in [0.5, 0.6) is 0 Å². The van der Waals surface area contributed by atoms with Gasteiger partial charge in [-0.3, -0.25) is 14.9 Å². The summed E-state index contributed by atoms with van der Waals surface area (Å²) in [5.74, 6) is -2.29. The molecule has 0 saturated carbocycles. The van der Waals surface area contributed by atoms with Crippen molar-refractivity contribution in [1.82, 2.24) is 20.3 Å². The van der Waals surface area contributed by atoms with Crippen molar-refractivity contribution < 1.29 is 18.4 Å². The molecule has 2 heterocycles. The number of hydrogen-bond donors (Lipinski definition) is 2. The highest BCUT2D eigenvalue weighted by Crippen LogP contribution is 2.16. The molecule has 2 amide bonds. The molecule has 0 atom stereocenters. The highest BCUT2D eigenvalue weighted by Gasteiger charge is 2.13. The zero-order chi connectivity index (χ0) is 19.2. The predicted molar refractivity (Wildman–Crippen MR) is 94.0 cm³/mol. The van der Waals surface area contributed by atoms with Crippen LogP contribution in [0.4, 0.5) is 13.9 Å². The van der Waals surface area contributed by atoms with Crippen LogP contribution < -0.4 is 10.6 Å². The molecule has 2 N–H and O–H groups in total. The lowest BCUT2D eigenvalue weighted by Gasteiger charge is -2.05. The average molecular weight is 389 g/mol. The van der Waals surface area contributed by atoms with Crippen molar-refractivity contribution in [3.63, 3.8) is 0 Å². The lowest BCUT2D eigenvalue weighted by atomic mass is 10.2. The second-order valence-electron chi connectivity index (χ2n) is 5.36. The Balaban J connectivity index is 1.52. The third-order valence-electron chi connectivity index (χ3n) is 3.37. The molecule has 27 heavy (non-hydrogen) atoms. The molecule has 10 heteroatoms. The lowest BCUT2D eigenvalue weighted by molar-refractivity contribution is -0.120. The number of nitrogens with zero attached hydrogens (tertiary/aromatic N) is 3. The Labute approximate surface area is 156 Å². The maximum absolute atomic E-state index is 13.5. The summed E-state index contributed by atoms with van der Waals surface area (Å²) >= 11 is 1.15. The molecule has 3 aromatic rings. The Hall–Kier alpha value is -3.27. The molecule has 0 saturated heterocycles. The van der Waals surface area contributed by atoms with Crippen molar-refractivity contribution >= 4 is 28.3 Å². The molecule has 0 spiro atoms. The number of rotatable bonds is 6. The van der Waals surface area contributed by atoms with Gasteiger partial charge in [-0.05, 0) is 12.1 Å². The smallest absolute Gasteiger partial charge is 0.295 e. The molecule has 0 aliphatic rings. The van der Waals surface area contributed by atoms with Crippen molar-refractivity contribution in [1.29, 1.82) is 0 Å². The van der Waals surface area contributed by atoms with Crippen LogP contribution in [0.25, 0.3) is 0 Å². The van der Waals surface area contributed by atoms with E-state index in [4.69, 9.17) is 0 Å². The number of hydrogen-bond acceptors (Lipinski definition) is 6. The fraction of sp³-hybridized carbons (Fsp3) is 0.118. The monoisotopic (exact) mass is 389 g/mol. The molecule has 0 aliphatic carbocycles. The van der Waals surface area contributed by atoms with Crippen molar-refractivity contribution in [3.8, 4) is 0 Å². The van der Waals surface area contributed by atoms with E-state index in [2.05, 4.69) is 25.6 Å². The average Bonchev–Trinajstić information content (AvgIpc) is 3.08. The molecule has 0 unspecified atom stereocenters. The van der Waals surface area contributed by atoms with Gasteiger partial charge in [-0.1, -0.05) is 6.07 Å². The zero-order valence-electron chi connectivity index (χ0n) is 13.8. The Morgan fingerprint density at radius 3 is 2.67 bits per heavy atom. The molecule has 7 nitrogen and oxygen atoms in total. The summed E-state index contributed by atoms with van der Waals surface area (Å²) in [7, 11) is 0. The van der Waals surface area contributed by atoms with E-state index in [-0.39, 0.29) is 30.3 Å². The number of carbonyl (C=O) groups is 2. The van der Waals surface area contributed by atoms with E-state index in [1.165, 1.54) is 18.5 Å². The number of benzene rings is 1. The molecule has 0 radical (unpaired) electrons. The van der Waals surface area contributed by atoms with Gasteiger partial charge < -0.3 is 5.32 Å². The van der Waals surface area contributed by atoms with Crippen molar-refractivity contribution in [2.24, 2.45) is 0 Å². The standard InChI is InChI=1S/C17H13F2N5O2S/c18-11-3-2-10(13(19)6-11)8-22-14(25)7-12-9-27-17(23-12)24-16(26)15-20-4-1-5-21-15/h1-6,9H,7-8H2,(H,22,25)(H,23,24,26). The summed E-state index contributed by atoms with van der Waals surface area (Å²) in [4.78, 5) is 35.7. The largest absolute Gasteiger partial charge is 0.352 e. The van der Waals surface area contributed by atoms with Crippen LogP contribution in [0.2, 0.25) is 0 Å². The molecular formula is C17H13F2N5O2S. The molecular weight excluding hydrogens is 376 g/mol. The quantitative estimate of drug-likeness (QED) is 0.674. The second kappa shape index (κ2) is 8.41. The fourth-order valence-corrected chi connectivity index (χ4v) is 2.81. The Bertz CT molecular complexity index is 965. The minimum absolute atomic E-state index is 0.00770. The number of nitrogens with one attached hydrogen (secondary N) is 2. The van der Waals surface area contributed by atoms with E-state index in [0.717, 1.165) is 23.5 Å². The molecule has 138 valence electrons. The fourth-order valence-electron chi connectivity index (χ4n) is 2.10. The number of carbonyl (C=O) groups excluding carboxylic acids is 2. The summed E-state index contributed by atoms with van der Waals surface area (Å²) in [6.45, 7) is -0.0655. The second-order valence-corrected chi connectivity index (χ2v) is 6.22. The van der Waals surface area contributed by atoms with Gasteiger partial charge in [0.2, 0.25) is 11.7 Å². The number of halogens is 2. The number of amides is 2. The van der Waals surface area contributed by atoms with E-state index in [1.54, 1.807) is 11.4 Å². The first kappa shape index (κ1) is 18.5. The number of thiazole rings is 1. The van der Waals surface area contributed by atoms with Crippen LogP contribution in [0.15, 0.2) is 42.0 Å². The first-order chi connectivity index (χ1) is 13.0. The lowest BCUT2D eigenvalue weighted by Crippen LogP contribution is -2.25. The van der Waals surface area contributed by atoms with E-state index in [0.29, 0.717) is 10.8 Å². The van der Waals surface area contributed by atoms with Gasteiger partial charge in [-0.15, -0.1) is 11.3 Å². The summed E-state index contributed by atoms with van der Waals surface area (Å²) in [5.41, 5.74) is 0.625.